The summed E-state index contributed by atoms with van der Waals surface area (Å²) < 4.78 is 0. The highest BCUT2D eigenvalue weighted by Crippen LogP contribution is 2.31. The zero-order valence-electron chi connectivity index (χ0n) is 12.0. The number of aromatic nitrogens is 2. The fourth-order valence-corrected chi connectivity index (χ4v) is 2.88. The standard InChI is InChI=1S/C14H22N4O3/c19-12(20)8-14(5-2-1-3-6-14)18-13(21)16-7-4-11-9-15-10-17-11/h9-10H,1-8H2,(H,15,17)(H,19,20)(H2,16,18,21). The molecule has 7 nitrogen and oxygen atoms in total. The SMILES string of the molecule is O=C(O)CC1(NC(=O)NCCc2cnc[nH]2)CCCCC1. The molecule has 0 unspecified atom stereocenters. The van der Waals surface area contributed by atoms with Crippen molar-refractivity contribution in [1.82, 2.24) is 20.6 Å². The molecule has 0 bridgehead atoms. The molecular formula is C14H22N4O3. The summed E-state index contributed by atoms with van der Waals surface area (Å²) in [6.07, 6.45) is 8.45. The van der Waals surface area contributed by atoms with Crippen LogP contribution in [0.5, 0.6) is 0 Å². The summed E-state index contributed by atoms with van der Waals surface area (Å²) >= 11 is 0. The van der Waals surface area contributed by atoms with Gasteiger partial charge in [-0.3, -0.25) is 4.79 Å². The van der Waals surface area contributed by atoms with E-state index < -0.39 is 11.5 Å². The number of imidazole rings is 1. The molecule has 1 aromatic rings. The highest BCUT2D eigenvalue weighted by molar-refractivity contribution is 5.76. The van der Waals surface area contributed by atoms with Crippen LogP contribution in [0.4, 0.5) is 4.79 Å². The monoisotopic (exact) mass is 294 g/mol. The Hall–Kier alpha value is -2.05. The van der Waals surface area contributed by atoms with Gasteiger partial charge >= 0.3 is 12.0 Å². The van der Waals surface area contributed by atoms with E-state index in [2.05, 4.69) is 20.6 Å². The van der Waals surface area contributed by atoms with E-state index in [4.69, 9.17) is 5.11 Å². The molecule has 1 aliphatic rings. The lowest BCUT2D eigenvalue weighted by Crippen LogP contribution is -2.54. The van der Waals surface area contributed by atoms with Crippen LogP contribution in [0.2, 0.25) is 0 Å². The third-order valence-electron chi connectivity index (χ3n) is 3.91. The van der Waals surface area contributed by atoms with E-state index in [-0.39, 0.29) is 12.5 Å². The van der Waals surface area contributed by atoms with Crippen LogP contribution in [-0.4, -0.2) is 39.2 Å². The molecule has 116 valence electrons. The molecule has 0 aromatic carbocycles. The van der Waals surface area contributed by atoms with Crippen molar-refractivity contribution in [3.63, 3.8) is 0 Å². The number of carboxylic acids is 1. The van der Waals surface area contributed by atoms with Gasteiger partial charge in [-0.1, -0.05) is 19.3 Å². The third-order valence-corrected chi connectivity index (χ3v) is 3.91. The molecule has 0 spiro atoms. The lowest BCUT2D eigenvalue weighted by molar-refractivity contribution is -0.139. The number of aliphatic carboxylic acids is 1. The normalized spacial score (nSPS) is 17.1. The maximum absolute atomic E-state index is 12.0. The molecule has 0 radical (unpaired) electrons. The van der Waals surface area contributed by atoms with E-state index in [1.165, 1.54) is 0 Å². The second-order valence-electron chi connectivity index (χ2n) is 5.62. The van der Waals surface area contributed by atoms with Gasteiger partial charge in [0.25, 0.3) is 0 Å². The third kappa shape index (κ3) is 4.77. The van der Waals surface area contributed by atoms with Gasteiger partial charge in [-0.2, -0.15) is 0 Å². The molecule has 1 fully saturated rings. The predicted molar refractivity (Wildman–Crippen MR) is 76.9 cm³/mol. The highest BCUT2D eigenvalue weighted by Gasteiger charge is 2.35. The number of nitrogens with one attached hydrogen (secondary N) is 3. The van der Waals surface area contributed by atoms with E-state index in [0.717, 1.165) is 37.8 Å². The van der Waals surface area contributed by atoms with E-state index in [9.17, 15) is 9.59 Å². The van der Waals surface area contributed by atoms with Crippen molar-refractivity contribution in [3.05, 3.63) is 18.2 Å². The fraction of sp³-hybridized carbons (Fsp3) is 0.643. The average molecular weight is 294 g/mol. The lowest BCUT2D eigenvalue weighted by Gasteiger charge is -2.36. The Balaban J connectivity index is 1.81. The van der Waals surface area contributed by atoms with Crippen LogP contribution in [0, 0.1) is 0 Å². The molecule has 2 rings (SSSR count). The van der Waals surface area contributed by atoms with Crippen LogP contribution in [0.1, 0.15) is 44.2 Å². The van der Waals surface area contributed by atoms with Crippen molar-refractivity contribution in [1.29, 1.82) is 0 Å². The zero-order chi connectivity index (χ0) is 15.1. The maximum atomic E-state index is 12.0. The minimum atomic E-state index is -0.866. The summed E-state index contributed by atoms with van der Waals surface area (Å²) in [6.45, 7) is 0.483. The summed E-state index contributed by atoms with van der Waals surface area (Å²) in [4.78, 5) is 29.9. The van der Waals surface area contributed by atoms with Crippen molar-refractivity contribution in [3.8, 4) is 0 Å². The minimum absolute atomic E-state index is 0.0129. The number of H-pyrrole nitrogens is 1. The molecule has 1 heterocycles. The smallest absolute Gasteiger partial charge is 0.315 e. The number of carbonyl (C=O) groups excluding carboxylic acids is 1. The number of carboxylic acid groups (broad SMARTS) is 1. The predicted octanol–water partition coefficient (Wildman–Crippen LogP) is 1.43. The Morgan fingerprint density at radius 2 is 2.10 bits per heavy atom. The van der Waals surface area contributed by atoms with Crippen LogP contribution in [-0.2, 0) is 11.2 Å². The van der Waals surface area contributed by atoms with Gasteiger partial charge in [0.05, 0.1) is 18.3 Å². The van der Waals surface area contributed by atoms with E-state index in [1.807, 2.05) is 0 Å². The maximum Gasteiger partial charge on any atom is 0.315 e. The summed E-state index contributed by atoms with van der Waals surface area (Å²) in [5.41, 5.74) is 0.357. The number of nitrogens with zero attached hydrogens (tertiary/aromatic N) is 1. The van der Waals surface area contributed by atoms with Gasteiger partial charge in [-0.15, -0.1) is 0 Å². The molecule has 1 saturated carbocycles. The van der Waals surface area contributed by atoms with Crippen LogP contribution >= 0.6 is 0 Å². The van der Waals surface area contributed by atoms with Gasteiger partial charge in [0.15, 0.2) is 0 Å². The van der Waals surface area contributed by atoms with Crippen molar-refractivity contribution < 1.29 is 14.7 Å². The average Bonchev–Trinajstić information content (AvgIpc) is 2.91. The Labute approximate surface area is 123 Å². The molecule has 2 amide bonds. The number of urea groups is 1. The summed E-state index contributed by atoms with van der Waals surface area (Å²) in [6, 6.07) is -0.294. The fourth-order valence-electron chi connectivity index (χ4n) is 2.88. The van der Waals surface area contributed by atoms with Crippen LogP contribution in [0.25, 0.3) is 0 Å². The first-order chi connectivity index (χ1) is 10.1. The number of carbonyl (C=O) groups is 2. The zero-order valence-corrected chi connectivity index (χ0v) is 12.0. The lowest BCUT2D eigenvalue weighted by atomic mass is 9.79. The summed E-state index contributed by atoms with van der Waals surface area (Å²) in [5, 5.41) is 14.7. The molecule has 1 aliphatic carbocycles. The Morgan fingerprint density at radius 1 is 1.33 bits per heavy atom. The Morgan fingerprint density at radius 3 is 2.71 bits per heavy atom. The summed E-state index contributed by atoms with van der Waals surface area (Å²) in [7, 11) is 0. The largest absolute Gasteiger partial charge is 0.481 e. The number of hydrogen-bond donors (Lipinski definition) is 4. The minimum Gasteiger partial charge on any atom is -0.481 e. The van der Waals surface area contributed by atoms with Gasteiger partial charge in [0.1, 0.15) is 0 Å². The van der Waals surface area contributed by atoms with Crippen molar-refractivity contribution in [2.24, 2.45) is 0 Å². The first-order valence-electron chi connectivity index (χ1n) is 7.35. The van der Waals surface area contributed by atoms with Gasteiger partial charge in [-0.25, -0.2) is 9.78 Å². The number of hydrogen-bond acceptors (Lipinski definition) is 3. The molecule has 0 atom stereocenters. The molecular weight excluding hydrogens is 272 g/mol. The van der Waals surface area contributed by atoms with E-state index in [1.54, 1.807) is 12.5 Å². The van der Waals surface area contributed by atoms with Crippen LogP contribution in [0.15, 0.2) is 12.5 Å². The molecule has 7 heteroatoms. The first-order valence-corrected chi connectivity index (χ1v) is 7.35. The van der Waals surface area contributed by atoms with Gasteiger partial charge in [0.2, 0.25) is 0 Å². The second kappa shape index (κ2) is 7.10. The Bertz CT molecular complexity index is 467. The number of amides is 2. The van der Waals surface area contributed by atoms with Gasteiger partial charge in [-0.05, 0) is 12.8 Å². The van der Waals surface area contributed by atoms with Gasteiger partial charge in [0, 0.05) is 24.9 Å². The van der Waals surface area contributed by atoms with E-state index >= 15 is 0 Å². The molecule has 4 N–H and O–H groups in total. The van der Waals surface area contributed by atoms with Crippen molar-refractivity contribution >= 4 is 12.0 Å². The number of rotatable bonds is 6. The molecule has 0 saturated heterocycles. The molecule has 21 heavy (non-hydrogen) atoms. The van der Waals surface area contributed by atoms with Crippen molar-refractivity contribution in [2.75, 3.05) is 6.54 Å². The van der Waals surface area contributed by atoms with Crippen LogP contribution in [0.3, 0.4) is 0 Å². The first kappa shape index (κ1) is 15.3. The van der Waals surface area contributed by atoms with Crippen LogP contribution < -0.4 is 10.6 Å². The molecule has 0 aliphatic heterocycles. The Kier molecular flexibility index (Phi) is 5.19. The second-order valence-corrected chi connectivity index (χ2v) is 5.62. The molecule has 1 aromatic heterocycles. The topological polar surface area (TPSA) is 107 Å². The quantitative estimate of drug-likeness (QED) is 0.636. The van der Waals surface area contributed by atoms with Crippen molar-refractivity contribution in [2.45, 2.75) is 50.5 Å². The van der Waals surface area contributed by atoms with Gasteiger partial charge < -0.3 is 20.7 Å². The van der Waals surface area contributed by atoms with E-state index in [0.29, 0.717) is 13.0 Å². The highest BCUT2D eigenvalue weighted by atomic mass is 16.4. The summed E-state index contributed by atoms with van der Waals surface area (Å²) in [5.74, 6) is -0.866. The number of aromatic amines is 1.